The molecule has 1 aromatic carbocycles. The number of H-pyrrole nitrogens is 1. The third-order valence-corrected chi connectivity index (χ3v) is 6.31. The first-order valence-corrected chi connectivity index (χ1v) is 10.4. The molecular formula is C20H22F6N4O3. The lowest BCUT2D eigenvalue weighted by Gasteiger charge is -2.26. The molecule has 33 heavy (non-hydrogen) atoms. The molecule has 0 radical (unpaired) electrons. The third-order valence-electron chi connectivity index (χ3n) is 6.31. The number of nitrogens with one attached hydrogen (secondary N) is 1. The summed E-state index contributed by atoms with van der Waals surface area (Å²) in [5, 5.41) is -0.712. The number of rotatable bonds is 6. The molecule has 0 amide bonds. The third kappa shape index (κ3) is 4.06. The number of halogens is 6. The smallest absolute Gasteiger partial charge is 0.389 e. The molecular weight excluding hydrogens is 458 g/mol. The highest BCUT2D eigenvalue weighted by atomic mass is 19.4. The Hall–Kier alpha value is -2.70. The summed E-state index contributed by atoms with van der Waals surface area (Å²) in [5.74, 6) is -3.48. The molecule has 1 aromatic heterocycles. The van der Waals surface area contributed by atoms with E-state index in [0.29, 0.717) is 12.8 Å². The Bertz CT molecular complexity index is 1190. The number of hydrogen-bond acceptors (Lipinski definition) is 5. The Morgan fingerprint density at radius 2 is 1.82 bits per heavy atom. The van der Waals surface area contributed by atoms with Gasteiger partial charge in [0.2, 0.25) is 0 Å². The van der Waals surface area contributed by atoms with Crippen molar-refractivity contribution in [3.8, 4) is 5.75 Å². The highest BCUT2D eigenvalue weighted by molar-refractivity contribution is 5.94. The number of nitrogens with zero attached hydrogens (tertiary/aromatic N) is 2. The van der Waals surface area contributed by atoms with Crippen molar-refractivity contribution in [2.24, 2.45) is 17.6 Å². The molecule has 1 aliphatic heterocycles. The van der Waals surface area contributed by atoms with Gasteiger partial charge in [0.1, 0.15) is 11.2 Å². The molecule has 182 valence electrons. The van der Waals surface area contributed by atoms with Gasteiger partial charge < -0.3 is 15.4 Å². The first-order valence-electron chi connectivity index (χ1n) is 10.4. The monoisotopic (exact) mass is 480 g/mol. The Morgan fingerprint density at radius 3 is 2.33 bits per heavy atom. The van der Waals surface area contributed by atoms with Gasteiger partial charge >= 0.3 is 11.9 Å². The van der Waals surface area contributed by atoms with Crippen molar-refractivity contribution in [3.63, 3.8) is 0 Å². The minimum absolute atomic E-state index is 0.122. The molecule has 2 atom stereocenters. The molecule has 4 rings (SSSR count). The first kappa shape index (κ1) is 23.5. The van der Waals surface area contributed by atoms with Gasteiger partial charge in [0.05, 0.1) is 18.1 Å². The van der Waals surface area contributed by atoms with E-state index in [0.717, 1.165) is 11.7 Å². The van der Waals surface area contributed by atoms with E-state index in [1.54, 1.807) is 0 Å². The number of aromatic amines is 1. The van der Waals surface area contributed by atoms with E-state index >= 15 is 4.39 Å². The molecule has 2 heterocycles. The molecule has 7 nitrogen and oxygen atoms in total. The number of anilines is 1. The van der Waals surface area contributed by atoms with Crippen molar-refractivity contribution >= 4 is 16.6 Å². The maximum Gasteiger partial charge on any atom is 0.389 e. The summed E-state index contributed by atoms with van der Waals surface area (Å²) in [6.07, 6.45) is -8.02. The number of alkyl halides is 5. The fraction of sp³-hybridized carbons (Fsp3) is 0.600. The van der Waals surface area contributed by atoms with Crippen LogP contribution in [-0.4, -0.2) is 42.5 Å². The summed E-state index contributed by atoms with van der Waals surface area (Å²) in [4.78, 5) is 28.2. The SMILES string of the molecule is COc1c(N2CC(CN)C(CC(F)(F)F)C2)c(F)c(C(F)F)c2c(=O)[nH]c(=O)n(C3CC3)c12. The molecule has 1 saturated heterocycles. The van der Waals surface area contributed by atoms with Gasteiger partial charge in [-0.15, -0.1) is 0 Å². The van der Waals surface area contributed by atoms with Crippen LogP contribution in [0, 0.1) is 17.7 Å². The summed E-state index contributed by atoms with van der Waals surface area (Å²) in [5.41, 5.74) is 1.58. The molecule has 1 aliphatic carbocycles. The highest BCUT2D eigenvalue weighted by Gasteiger charge is 2.43. The number of hydrogen-bond donors (Lipinski definition) is 2. The van der Waals surface area contributed by atoms with E-state index in [4.69, 9.17) is 10.5 Å². The van der Waals surface area contributed by atoms with Crippen molar-refractivity contribution in [1.82, 2.24) is 9.55 Å². The van der Waals surface area contributed by atoms with E-state index in [1.165, 1.54) is 4.90 Å². The Labute approximate surface area is 183 Å². The van der Waals surface area contributed by atoms with E-state index in [-0.39, 0.29) is 30.9 Å². The van der Waals surface area contributed by atoms with Crippen LogP contribution in [0.25, 0.3) is 10.9 Å². The number of fused-ring (bicyclic) bond motifs is 1. The predicted molar refractivity (Wildman–Crippen MR) is 107 cm³/mol. The van der Waals surface area contributed by atoms with Gasteiger partial charge in [0.15, 0.2) is 11.6 Å². The maximum atomic E-state index is 15.6. The van der Waals surface area contributed by atoms with Crippen molar-refractivity contribution in [2.45, 2.75) is 37.9 Å². The second-order valence-electron chi connectivity index (χ2n) is 8.47. The molecule has 1 saturated carbocycles. The minimum Gasteiger partial charge on any atom is -0.492 e. The van der Waals surface area contributed by atoms with E-state index in [1.807, 2.05) is 4.98 Å². The molecule has 2 unspecified atom stereocenters. The molecule has 2 aromatic rings. The van der Waals surface area contributed by atoms with Crippen molar-refractivity contribution in [3.05, 3.63) is 32.2 Å². The maximum absolute atomic E-state index is 15.6. The minimum atomic E-state index is -4.49. The molecule has 0 spiro atoms. The van der Waals surface area contributed by atoms with Crippen LogP contribution in [0.15, 0.2) is 9.59 Å². The van der Waals surface area contributed by atoms with Crippen LogP contribution >= 0.6 is 0 Å². The molecule has 0 bridgehead atoms. The van der Waals surface area contributed by atoms with Crippen molar-refractivity contribution in [1.29, 1.82) is 0 Å². The van der Waals surface area contributed by atoms with Crippen LogP contribution in [0.2, 0.25) is 0 Å². The summed E-state index contributed by atoms with van der Waals surface area (Å²) in [7, 11) is 1.12. The number of ether oxygens (including phenoxy) is 1. The van der Waals surface area contributed by atoms with Gasteiger partial charge in [-0.1, -0.05) is 0 Å². The Kier molecular flexibility index (Phi) is 5.87. The van der Waals surface area contributed by atoms with Crippen LogP contribution in [0.1, 0.15) is 37.3 Å². The van der Waals surface area contributed by atoms with Crippen molar-refractivity contribution < 1.29 is 31.1 Å². The standard InChI is InChI=1S/C20H22F6N4O3/c1-33-16-14-12(18(31)28-19(32)30(14)10-2-3-10)11(17(22)23)13(21)15(16)29-6-8(4-20(24,25)26)9(5-27)7-29/h8-10,17H,2-7,27H2,1H3,(H,28,31,32). The van der Waals surface area contributed by atoms with E-state index < -0.39 is 70.6 Å². The summed E-state index contributed by atoms with van der Waals surface area (Å²) in [6.45, 7) is -0.557. The Morgan fingerprint density at radius 1 is 1.18 bits per heavy atom. The van der Waals surface area contributed by atoms with Crippen molar-refractivity contribution in [2.75, 3.05) is 31.6 Å². The Balaban J connectivity index is 2.00. The second-order valence-corrected chi connectivity index (χ2v) is 8.47. The average molecular weight is 480 g/mol. The summed E-state index contributed by atoms with van der Waals surface area (Å²) in [6, 6.07) is -0.400. The quantitative estimate of drug-likeness (QED) is 0.620. The second kappa shape index (κ2) is 8.26. The van der Waals surface area contributed by atoms with Gasteiger partial charge in [-0.05, 0) is 31.2 Å². The molecule has 2 fully saturated rings. The van der Waals surface area contributed by atoms with E-state index in [2.05, 4.69) is 0 Å². The van der Waals surface area contributed by atoms with Gasteiger partial charge in [-0.25, -0.2) is 18.0 Å². The predicted octanol–water partition coefficient (Wildman–Crippen LogP) is 3.07. The lowest BCUT2D eigenvalue weighted by Crippen LogP contribution is -2.32. The fourth-order valence-electron chi connectivity index (χ4n) is 4.75. The molecule has 2 aliphatic rings. The van der Waals surface area contributed by atoms with Gasteiger partial charge in [-0.2, -0.15) is 13.2 Å². The van der Waals surface area contributed by atoms with Crippen LogP contribution in [0.3, 0.4) is 0 Å². The highest BCUT2D eigenvalue weighted by Crippen LogP contribution is 2.48. The van der Waals surface area contributed by atoms with E-state index in [9.17, 15) is 31.5 Å². The van der Waals surface area contributed by atoms with Crippen LogP contribution < -0.4 is 26.6 Å². The lowest BCUT2D eigenvalue weighted by atomic mass is 9.93. The zero-order valence-electron chi connectivity index (χ0n) is 17.5. The van der Waals surface area contributed by atoms with Crippen LogP contribution in [-0.2, 0) is 0 Å². The average Bonchev–Trinajstić information content (AvgIpc) is 3.46. The van der Waals surface area contributed by atoms with Gasteiger partial charge in [0.25, 0.3) is 12.0 Å². The largest absolute Gasteiger partial charge is 0.492 e. The van der Waals surface area contributed by atoms with Gasteiger partial charge in [-0.3, -0.25) is 14.3 Å². The van der Waals surface area contributed by atoms with Crippen LogP contribution in [0.5, 0.6) is 5.75 Å². The van der Waals surface area contributed by atoms with Gasteiger partial charge in [0, 0.05) is 25.6 Å². The normalized spacial score (nSPS) is 21.4. The number of methoxy groups -OCH3 is 1. The zero-order valence-corrected chi connectivity index (χ0v) is 17.5. The lowest BCUT2D eigenvalue weighted by molar-refractivity contribution is -0.145. The summed E-state index contributed by atoms with van der Waals surface area (Å²) < 4.78 is 89.2. The number of nitrogens with two attached hydrogens (primary N) is 1. The molecule has 13 heteroatoms. The molecule has 3 N–H and O–H groups in total. The topological polar surface area (TPSA) is 93.3 Å². The fourth-order valence-corrected chi connectivity index (χ4v) is 4.75. The number of aromatic nitrogens is 2. The first-order chi connectivity index (χ1) is 15.5. The number of benzene rings is 1. The van der Waals surface area contributed by atoms with Crippen LogP contribution in [0.4, 0.5) is 32.0 Å². The summed E-state index contributed by atoms with van der Waals surface area (Å²) >= 11 is 0. The zero-order chi connectivity index (χ0) is 24.2.